The zero-order valence-electron chi connectivity index (χ0n) is 15.2. The summed E-state index contributed by atoms with van der Waals surface area (Å²) in [7, 11) is 2.10. The molecule has 1 N–H and O–H groups in total. The lowest BCUT2D eigenvalue weighted by Crippen LogP contribution is -2.52. The van der Waals surface area contributed by atoms with E-state index in [9.17, 15) is 4.79 Å². The third kappa shape index (κ3) is 3.71. The van der Waals surface area contributed by atoms with E-state index in [0.717, 1.165) is 51.5 Å². The average Bonchev–Trinajstić information content (AvgIpc) is 2.69. The van der Waals surface area contributed by atoms with Gasteiger partial charge in [-0.15, -0.1) is 0 Å². The predicted molar refractivity (Wildman–Crippen MR) is 102 cm³/mol. The lowest BCUT2D eigenvalue weighted by Gasteiger charge is -2.32. The predicted octanol–water partition coefficient (Wildman–Crippen LogP) is 1.54. The van der Waals surface area contributed by atoms with Gasteiger partial charge in [0, 0.05) is 45.5 Å². The number of pyridine rings is 1. The van der Waals surface area contributed by atoms with Gasteiger partial charge < -0.3 is 9.80 Å². The fraction of sp³-hybridized carbons (Fsp3) is 0.400. The summed E-state index contributed by atoms with van der Waals surface area (Å²) >= 11 is 0. The molecule has 2 aromatic rings. The second-order valence-corrected chi connectivity index (χ2v) is 7.08. The van der Waals surface area contributed by atoms with Crippen LogP contribution in [0.4, 0.5) is 5.82 Å². The summed E-state index contributed by atoms with van der Waals surface area (Å²) in [6.07, 6.45) is 2.71. The van der Waals surface area contributed by atoms with Crippen molar-refractivity contribution >= 4 is 11.7 Å². The Morgan fingerprint density at radius 1 is 1.00 bits per heavy atom. The maximum absolute atomic E-state index is 12.4. The van der Waals surface area contributed by atoms with Crippen LogP contribution in [-0.2, 0) is 13.0 Å². The Bertz CT molecular complexity index is 768. The minimum absolute atomic E-state index is 0.0856. The van der Waals surface area contributed by atoms with Crippen molar-refractivity contribution in [1.29, 1.82) is 0 Å². The van der Waals surface area contributed by atoms with Crippen LogP contribution in [-0.4, -0.2) is 60.6 Å². The number of piperazine rings is 1. The number of carbonyl (C=O) groups excluding carboxylic acids is 1. The molecular weight excluding hydrogens is 326 g/mol. The quantitative estimate of drug-likeness (QED) is 0.909. The Morgan fingerprint density at radius 2 is 1.77 bits per heavy atom. The minimum atomic E-state index is -0.0856. The molecule has 26 heavy (non-hydrogen) atoms. The van der Waals surface area contributed by atoms with E-state index in [2.05, 4.69) is 51.5 Å². The summed E-state index contributed by atoms with van der Waals surface area (Å²) in [5.74, 6) is 0.841. The van der Waals surface area contributed by atoms with Crippen LogP contribution in [0.25, 0.3) is 0 Å². The first-order chi connectivity index (χ1) is 12.7. The Morgan fingerprint density at radius 3 is 2.50 bits per heavy atom. The Kier molecular flexibility index (Phi) is 4.86. The fourth-order valence-electron chi connectivity index (χ4n) is 3.53. The first-order valence-electron chi connectivity index (χ1n) is 9.21. The number of nitrogens with zero attached hydrogens (tertiary/aromatic N) is 4. The van der Waals surface area contributed by atoms with Crippen molar-refractivity contribution in [3.05, 3.63) is 59.3 Å². The highest BCUT2D eigenvalue weighted by Gasteiger charge is 2.19. The van der Waals surface area contributed by atoms with Crippen molar-refractivity contribution in [2.45, 2.75) is 13.0 Å². The Labute approximate surface area is 154 Å². The largest absolute Gasteiger partial charge is 0.352 e. The van der Waals surface area contributed by atoms with Gasteiger partial charge in [-0.1, -0.05) is 24.3 Å². The second-order valence-electron chi connectivity index (χ2n) is 7.08. The van der Waals surface area contributed by atoms with Crippen LogP contribution in [0.5, 0.6) is 0 Å². The first kappa shape index (κ1) is 17.0. The summed E-state index contributed by atoms with van der Waals surface area (Å²) in [5, 5.41) is 1.98. The average molecular weight is 351 g/mol. The number of aromatic nitrogens is 1. The molecule has 1 fully saturated rings. The van der Waals surface area contributed by atoms with Crippen molar-refractivity contribution in [3.63, 3.8) is 0 Å². The molecule has 6 heteroatoms. The molecule has 136 valence electrons. The standard InChI is InChI=1S/C20H25N5O/c1-23-10-12-25(13-11-23)22-20(26)17-6-7-19(21-14-17)24-9-8-16-4-2-3-5-18(16)15-24/h2-7,14H,8-13,15H2,1H3,(H,22,26). The SMILES string of the molecule is CN1CCN(NC(=O)c2ccc(N3CCc4ccccc4C3)nc2)CC1. The molecule has 0 aliphatic carbocycles. The van der Waals surface area contributed by atoms with Crippen LogP contribution in [0.2, 0.25) is 0 Å². The zero-order chi connectivity index (χ0) is 17.9. The number of hydrazine groups is 1. The van der Waals surface area contributed by atoms with Gasteiger partial charge in [-0.2, -0.15) is 0 Å². The molecule has 1 aromatic heterocycles. The van der Waals surface area contributed by atoms with E-state index in [1.165, 1.54) is 11.1 Å². The van der Waals surface area contributed by atoms with E-state index in [1.54, 1.807) is 6.20 Å². The lowest BCUT2D eigenvalue weighted by atomic mass is 10.00. The smallest absolute Gasteiger partial charge is 0.267 e. The maximum Gasteiger partial charge on any atom is 0.267 e. The summed E-state index contributed by atoms with van der Waals surface area (Å²) < 4.78 is 0. The number of likely N-dealkylation sites (N-methyl/N-ethyl adjacent to an activating group) is 1. The third-order valence-corrected chi connectivity index (χ3v) is 5.23. The van der Waals surface area contributed by atoms with Gasteiger partial charge in [-0.3, -0.25) is 10.2 Å². The molecule has 0 bridgehead atoms. The molecule has 0 saturated carbocycles. The minimum Gasteiger partial charge on any atom is -0.352 e. The van der Waals surface area contributed by atoms with E-state index in [-0.39, 0.29) is 5.91 Å². The number of carbonyl (C=O) groups is 1. The molecule has 2 aliphatic heterocycles. The second kappa shape index (κ2) is 7.43. The summed E-state index contributed by atoms with van der Waals surface area (Å²) in [4.78, 5) is 21.5. The van der Waals surface area contributed by atoms with Gasteiger partial charge in [0.25, 0.3) is 5.91 Å². The topological polar surface area (TPSA) is 51.7 Å². The molecule has 3 heterocycles. The van der Waals surface area contributed by atoms with Gasteiger partial charge in [0.2, 0.25) is 0 Å². The number of amides is 1. The molecule has 0 radical (unpaired) electrons. The van der Waals surface area contributed by atoms with Crippen LogP contribution >= 0.6 is 0 Å². The van der Waals surface area contributed by atoms with Crippen LogP contribution < -0.4 is 10.3 Å². The van der Waals surface area contributed by atoms with E-state index in [1.807, 2.05) is 17.1 Å². The Balaban J connectivity index is 1.38. The maximum atomic E-state index is 12.4. The molecule has 1 amide bonds. The molecule has 0 spiro atoms. The van der Waals surface area contributed by atoms with Crippen molar-refractivity contribution in [1.82, 2.24) is 20.3 Å². The molecule has 4 rings (SSSR count). The number of hydrogen-bond acceptors (Lipinski definition) is 5. The van der Waals surface area contributed by atoms with Crippen LogP contribution in [0.15, 0.2) is 42.6 Å². The zero-order valence-corrected chi connectivity index (χ0v) is 15.2. The third-order valence-electron chi connectivity index (χ3n) is 5.23. The number of benzene rings is 1. The summed E-state index contributed by atoms with van der Waals surface area (Å²) in [5.41, 5.74) is 6.37. The molecule has 0 atom stereocenters. The first-order valence-corrected chi connectivity index (χ1v) is 9.21. The van der Waals surface area contributed by atoms with Gasteiger partial charge >= 0.3 is 0 Å². The summed E-state index contributed by atoms with van der Waals surface area (Å²) in [6, 6.07) is 12.4. The lowest BCUT2D eigenvalue weighted by molar-refractivity contribution is 0.0662. The van der Waals surface area contributed by atoms with Gasteiger partial charge in [-0.05, 0) is 36.7 Å². The van der Waals surface area contributed by atoms with E-state index in [0.29, 0.717) is 5.56 Å². The van der Waals surface area contributed by atoms with E-state index < -0.39 is 0 Å². The molecular formula is C20H25N5O. The number of hydrogen-bond donors (Lipinski definition) is 1. The van der Waals surface area contributed by atoms with Gasteiger partial charge in [0.15, 0.2) is 0 Å². The van der Waals surface area contributed by atoms with E-state index in [4.69, 9.17) is 0 Å². The van der Waals surface area contributed by atoms with Crippen molar-refractivity contribution in [2.75, 3.05) is 44.7 Å². The van der Waals surface area contributed by atoms with Crippen LogP contribution in [0, 0.1) is 0 Å². The highest BCUT2D eigenvalue weighted by molar-refractivity contribution is 5.93. The molecule has 1 aromatic carbocycles. The molecule has 1 saturated heterocycles. The normalized spacial score (nSPS) is 18.4. The monoisotopic (exact) mass is 351 g/mol. The van der Waals surface area contributed by atoms with Crippen molar-refractivity contribution in [3.8, 4) is 0 Å². The van der Waals surface area contributed by atoms with Crippen LogP contribution in [0.3, 0.4) is 0 Å². The van der Waals surface area contributed by atoms with Gasteiger partial charge in [-0.25, -0.2) is 9.99 Å². The van der Waals surface area contributed by atoms with Gasteiger partial charge in [0.1, 0.15) is 5.82 Å². The Hall–Kier alpha value is -2.44. The molecule has 2 aliphatic rings. The molecule has 0 unspecified atom stereocenters. The molecule has 6 nitrogen and oxygen atoms in total. The van der Waals surface area contributed by atoms with Crippen molar-refractivity contribution in [2.24, 2.45) is 0 Å². The number of fused-ring (bicyclic) bond motifs is 1. The fourth-order valence-corrected chi connectivity index (χ4v) is 3.53. The highest BCUT2D eigenvalue weighted by atomic mass is 16.2. The number of rotatable bonds is 3. The van der Waals surface area contributed by atoms with Crippen LogP contribution in [0.1, 0.15) is 21.5 Å². The summed E-state index contributed by atoms with van der Waals surface area (Å²) in [6.45, 7) is 5.45. The van der Waals surface area contributed by atoms with Crippen molar-refractivity contribution < 1.29 is 4.79 Å². The highest BCUT2D eigenvalue weighted by Crippen LogP contribution is 2.22. The number of nitrogens with one attached hydrogen (secondary N) is 1. The van der Waals surface area contributed by atoms with Gasteiger partial charge in [0.05, 0.1) is 5.56 Å². The number of anilines is 1. The van der Waals surface area contributed by atoms with E-state index >= 15 is 0 Å².